The first-order valence-electron chi connectivity index (χ1n) is 9.50. The molecule has 0 radical (unpaired) electrons. The lowest BCUT2D eigenvalue weighted by Crippen LogP contribution is -2.57. The number of hydrogen-bond acceptors (Lipinski definition) is 4. The van der Waals surface area contributed by atoms with Gasteiger partial charge in [-0.1, -0.05) is 0 Å². The highest BCUT2D eigenvalue weighted by Gasteiger charge is 2.30. The minimum atomic E-state index is -0.00888. The monoisotopic (exact) mass is 325 g/mol. The van der Waals surface area contributed by atoms with Crippen molar-refractivity contribution in [2.75, 3.05) is 52.4 Å². The van der Waals surface area contributed by atoms with Crippen LogP contribution in [0.15, 0.2) is 0 Å². The summed E-state index contributed by atoms with van der Waals surface area (Å²) in [6.07, 6.45) is 2.65. The van der Waals surface area contributed by atoms with E-state index in [-0.39, 0.29) is 5.60 Å². The Balaban J connectivity index is 1.65. The summed E-state index contributed by atoms with van der Waals surface area (Å²) in [5, 5.41) is 0. The second kappa shape index (κ2) is 7.81. The molecule has 0 aromatic carbocycles. The Kier molecular flexibility index (Phi) is 6.51. The molecule has 0 N–H and O–H groups in total. The minimum absolute atomic E-state index is 0.00888. The molecule has 0 amide bonds. The molecule has 0 atom stereocenters. The first kappa shape index (κ1) is 19.2. The molecule has 23 heavy (non-hydrogen) atoms. The lowest BCUT2D eigenvalue weighted by Gasteiger charge is -2.46. The molecule has 136 valence electrons. The van der Waals surface area contributed by atoms with Crippen molar-refractivity contribution in [3.05, 3.63) is 0 Å². The van der Waals surface area contributed by atoms with E-state index < -0.39 is 0 Å². The summed E-state index contributed by atoms with van der Waals surface area (Å²) in [6, 6.07) is 0.803. The van der Waals surface area contributed by atoms with Gasteiger partial charge < -0.3 is 9.64 Å². The van der Waals surface area contributed by atoms with Gasteiger partial charge in [0, 0.05) is 44.3 Å². The van der Waals surface area contributed by atoms with Gasteiger partial charge in [-0.05, 0) is 67.5 Å². The highest BCUT2D eigenvalue weighted by molar-refractivity contribution is 4.87. The maximum atomic E-state index is 5.86. The Morgan fingerprint density at radius 2 is 1.39 bits per heavy atom. The van der Waals surface area contributed by atoms with Crippen LogP contribution in [-0.4, -0.2) is 84.3 Å². The molecule has 0 spiro atoms. The highest BCUT2D eigenvalue weighted by Crippen LogP contribution is 2.21. The van der Waals surface area contributed by atoms with E-state index in [1.165, 1.54) is 52.1 Å². The predicted octanol–water partition coefficient (Wildman–Crippen LogP) is 2.68. The molecule has 2 aliphatic rings. The first-order valence-corrected chi connectivity index (χ1v) is 9.50. The number of hydrogen-bond donors (Lipinski definition) is 0. The Labute approximate surface area is 144 Å². The number of nitrogens with zero attached hydrogens (tertiary/aromatic N) is 3. The maximum Gasteiger partial charge on any atom is 0.0600 e. The smallest absolute Gasteiger partial charge is 0.0600 e. The van der Waals surface area contributed by atoms with Gasteiger partial charge in [0.1, 0.15) is 0 Å². The summed E-state index contributed by atoms with van der Waals surface area (Å²) in [7, 11) is 0. The molecule has 0 unspecified atom stereocenters. The van der Waals surface area contributed by atoms with E-state index in [9.17, 15) is 0 Å². The lowest BCUT2D eigenvalue weighted by atomic mass is 10.0. The van der Waals surface area contributed by atoms with Crippen LogP contribution < -0.4 is 0 Å². The number of ether oxygens (including phenoxy) is 1. The van der Waals surface area contributed by atoms with Crippen LogP contribution in [0.5, 0.6) is 0 Å². The summed E-state index contributed by atoms with van der Waals surface area (Å²) in [4.78, 5) is 7.95. The van der Waals surface area contributed by atoms with E-state index >= 15 is 0 Å². The van der Waals surface area contributed by atoms with E-state index in [1.54, 1.807) is 0 Å². The van der Waals surface area contributed by atoms with Crippen molar-refractivity contribution in [2.45, 2.75) is 71.6 Å². The topological polar surface area (TPSA) is 19.0 Å². The van der Waals surface area contributed by atoms with Crippen LogP contribution in [-0.2, 0) is 4.74 Å². The molecular formula is C19H39N3O. The molecule has 0 bridgehead atoms. The third-order valence-electron chi connectivity index (χ3n) is 5.28. The fourth-order valence-corrected chi connectivity index (χ4v) is 3.75. The third kappa shape index (κ3) is 6.33. The third-order valence-corrected chi connectivity index (χ3v) is 5.28. The molecule has 4 nitrogen and oxygen atoms in total. The van der Waals surface area contributed by atoms with Crippen molar-refractivity contribution in [3.8, 4) is 0 Å². The van der Waals surface area contributed by atoms with Crippen LogP contribution in [0.1, 0.15) is 54.4 Å². The number of piperazine rings is 1. The van der Waals surface area contributed by atoms with Gasteiger partial charge in [-0.2, -0.15) is 0 Å². The SMILES string of the molecule is CC(C)(C)OCCN1CCC(N2CCN(C(C)(C)C)CC2)CC1. The van der Waals surface area contributed by atoms with Crippen LogP contribution in [0.4, 0.5) is 0 Å². The summed E-state index contributed by atoms with van der Waals surface area (Å²) < 4.78 is 5.86. The molecule has 2 rings (SSSR count). The highest BCUT2D eigenvalue weighted by atomic mass is 16.5. The molecule has 0 aliphatic carbocycles. The summed E-state index contributed by atoms with van der Waals surface area (Å²) in [6.45, 7) is 22.8. The maximum absolute atomic E-state index is 5.86. The molecule has 2 aliphatic heterocycles. The summed E-state index contributed by atoms with van der Waals surface area (Å²) >= 11 is 0. The first-order chi connectivity index (χ1) is 10.6. The number of piperidine rings is 1. The fraction of sp³-hybridized carbons (Fsp3) is 1.00. The van der Waals surface area contributed by atoms with E-state index in [0.717, 1.165) is 19.2 Å². The van der Waals surface area contributed by atoms with Crippen molar-refractivity contribution in [2.24, 2.45) is 0 Å². The van der Waals surface area contributed by atoms with Crippen LogP contribution >= 0.6 is 0 Å². The predicted molar refractivity (Wildman–Crippen MR) is 98.1 cm³/mol. The molecule has 0 aromatic rings. The quantitative estimate of drug-likeness (QED) is 0.791. The Hall–Kier alpha value is -0.160. The average molecular weight is 326 g/mol. The second-order valence-corrected chi connectivity index (χ2v) is 9.23. The van der Waals surface area contributed by atoms with Gasteiger partial charge in [0.15, 0.2) is 0 Å². The van der Waals surface area contributed by atoms with E-state index in [0.29, 0.717) is 5.54 Å². The molecule has 2 heterocycles. The molecule has 0 saturated carbocycles. The van der Waals surface area contributed by atoms with Crippen LogP contribution in [0.2, 0.25) is 0 Å². The zero-order valence-electron chi connectivity index (χ0n) is 16.4. The van der Waals surface area contributed by atoms with Gasteiger partial charge in [0.05, 0.1) is 12.2 Å². The standard InChI is InChI=1S/C19H39N3O/c1-18(2,3)22-13-11-21(12-14-22)17-7-9-20(10-8-17)15-16-23-19(4,5)6/h17H,7-16H2,1-6H3. The zero-order valence-corrected chi connectivity index (χ0v) is 16.4. The molecule has 4 heteroatoms. The zero-order chi connectivity index (χ0) is 17.1. The van der Waals surface area contributed by atoms with Crippen LogP contribution in [0.25, 0.3) is 0 Å². The van der Waals surface area contributed by atoms with Gasteiger partial charge in [0.2, 0.25) is 0 Å². The molecule has 0 aromatic heterocycles. The average Bonchev–Trinajstić information content (AvgIpc) is 2.46. The van der Waals surface area contributed by atoms with Crippen molar-refractivity contribution >= 4 is 0 Å². The fourth-order valence-electron chi connectivity index (χ4n) is 3.75. The van der Waals surface area contributed by atoms with E-state index in [1.807, 2.05) is 0 Å². The molecule has 2 fully saturated rings. The minimum Gasteiger partial charge on any atom is -0.375 e. The van der Waals surface area contributed by atoms with Gasteiger partial charge in [-0.25, -0.2) is 0 Å². The van der Waals surface area contributed by atoms with Crippen molar-refractivity contribution in [3.63, 3.8) is 0 Å². The summed E-state index contributed by atoms with van der Waals surface area (Å²) in [5.41, 5.74) is 0.313. The molecular weight excluding hydrogens is 286 g/mol. The van der Waals surface area contributed by atoms with Gasteiger partial charge in [-0.15, -0.1) is 0 Å². The van der Waals surface area contributed by atoms with Crippen LogP contribution in [0.3, 0.4) is 0 Å². The van der Waals surface area contributed by atoms with E-state index in [2.05, 4.69) is 56.2 Å². The molecule has 2 saturated heterocycles. The number of likely N-dealkylation sites (tertiary alicyclic amines) is 1. The van der Waals surface area contributed by atoms with E-state index in [4.69, 9.17) is 4.74 Å². The second-order valence-electron chi connectivity index (χ2n) is 9.23. The van der Waals surface area contributed by atoms with Crippen LogP contribution in [0, 0.1) is 0 Å². The Morgan fingerprint density at radius 1 is 0.826 bits per heavy atom. The van der Waals surface area contributed by atoms with Crippen molar-refractivity contribution in [1.82, 2.24) is 14.7 Å². The number of rotatable bonds is 4. The normalized spacial score (nSPS) is 24.3. The largest absolute Gasteiger partial charge is 0.375 e. The lowest BCUT2D eigenvalue weighted by molar-refractivity contribution is -0.0205. The summed E-state index contributed by atoms with van der Waals surface area (Å²) in [5.74, 6) is 0. The Morgan fingerprint density at radius 3 is 1.87 bits per heavy atom. The Bertz CT molecular complexity index is 343. The van der Waals surface area contributed by atoms with Gasteiger partial charge >= 0.3 is 0 Å². The van der Waals surface area contributed by atoms with Gasteiger partial charge in [0.25, 0.3) is 0 Å². The van der Waals surface area contributed by atoms with Crippen molar-refractivity contribution in [1.29, 1.82) is 0 Å². The van der Waals surface area contributed by atoms with Crippen molar-refractivity contribution < 1.29 is 4.74 Å². The van der Waals surface area contributed by atoms with Gasteiger partial charge in [-0.3, -0.25) is 9.80 Å².